The molecular formula is C16H12ClN5OS. The zero-order valence-corrected chi connectivity index (χ0v) is 14.2. The SMILES string of the molecule is Cc1ccc2nc(CSc3nc4ncc(Cl)cc4[nH]3)cc(=O)n2c1. The number of nitrogens with one attached hydrogen (secondary N) is 1. The lowest BCUT2D eigenvalue weighted by Crippen LogP contribution is -2.15. The minimum atomic E-state index is -0.0858. The standard InChI is InChI=1S/C16H12ClN5OS/c1-9-2-3-13-19-11(5-14(23)22(13)7-9)8-24-16-20-12-4-10(17)6-18-15(12)21-16/h2-7H,8H2,1H3,(H,18,20,21). The van der Waals surface area contributed by atoms with E-state index in [1.54, 1.807) is 28.9 Å². The molecule has 0 amide bonds. The zero-order valence-electron chi connectivity index (χ0n) is 12.7. The lowest BCUT2D eigenvalue weighted by atomic mass is 10.3. The molecule has 8 heteroatoms. The van der Waals surface area contributed by atoms with Gasteiger partial charge in [-0.25, -0.2) is 15.0 Å². The number of fused-ring (bicyclic) bond motifs is 2. The maximum absolute atomic E-state index is 12.2. The second-order valence-electron chi connectivity index (χ2n) is 5.38. The summed E-state index contributed by atoms with van der Waals surface area (Å²) >= 11 is 7.39. The van der Waals surface area contributed by atoms with Crippen LogP contribution < -0.4 is 5.56 Å². The summed E-state index contributed by atoms with van der Waals surface area (Å²) in [6.45, 7) is 1.94. The van der Waals surface area contributed by atoms with E-state index in [0.29, 0.717) is 32.9 Å². The topological polar surface area (TPSA) is 75.9 Å². The molecule has 1 N–H and O–H groups in total. The smallest absolute Gasteiger partial charge is 0.258 e. The first kappa shape index (κ1) is 15.2. The van der Waals surface area contributed by atoms with Crippen molar-refractivity contribution in [3.05, 3.63) is 63.3 Å². The number of hydrogen-bond donors (Lipinski definition) is 1. The molecule has 0 saturated heterocycles. The van der Waals surface area contributed by atoms with Crippen molar-refractivity contribution in [1.29, 1.82) is 0 Å². The molecule has 0 aliphatic rings. The Morgan fingerprint density at radius 3 is 3.04 bits per heavy atom. The van der Waals surface area contributed by atoms with Crippen LogP contribution in [0, 0.1) is 6.92 Å². The molecular weight excluding hydrogens is 346 g/mol. The molecule has 4 aromatic heterocycles. The van der Waals surface area contributed by atoms with Gasteiger partial charge in [0.25, 0.3) is 5.56 Å². The van der Waals surface area contributed by atoms with Crippen molar-refractivity contribution >= 4 is 40.2 Å². The third kappa shape index (κ3) is 2.88. The van der Waals surface area contributed by atoms with Crippen LogP contribution in [0.1, 0.15) is 11.3 Å². The first-order valence-electron chi connectivity index (χ1n) is 7.21. The first-order chi connectivity index (χ1) is 11.6. The second kappa shape index (κ2) is 5.92. The summed E-state index contributed by atoms with van der Waals surface area (Å²) in [5.74, 6) is 0.535. The van der Waals surface area contributed by atoms with Crippen molar-refractivity contribution in [3.63, 3.8) is 0 Å². The van der Waals surface area contributed by atoms with E-state index in [1.165, 1.54) is 11.8 Å². The van der Waals surface area contributed by atoms with E-state index in [2.05, 4.69) is 19.9 Å². The van der Waals surface area contributed by atoms with Gasteiger partial charge in [0.15, 0.2) is 10.8 Å². The second-order valence-corrected chi connectivity index (χ2v) is 6.78. The average molecular weight is 358 g/mol. The summed E-state index contributed by atoms with van der Waals surface area (Å²) in [6, 6.07) is 7.12. The quantitative estimate of drug-likeness (QED) is 0.570. The van der Waals surface area contributed by atoms with E-state index in [4.69, 9.17) is 11.6 Å². The molecule has 0 unspecified atom stereocenters. The van der Waals surface area contributed by atoms with Crippen LogP contribution in [0.2, 0.25) is 5.02 Å². The highest BCUT2D eigenvalue weighted by atomic mass is 35.5. The van der Waals surface area contributed by atoms with E-state index in [-0.39, 0.29) is 5.56 Å². The van der Waals surface area contributed by atoms with Crippen LogP contribution in [0.5, 0.6) is 0 Å². The summed E-state index contributed by atoms with van der Waals surface area (Å²) in [4.78, 5) is 28.4. The van der Waals surface area contributed by atoms with Crippen molar-refractivity contribution in [3.8, 4) is 0 Å². The average Bonchev–Trinajstić information content (AvgIpc) is 2.95. The van der Waals surface area contributed by atoms with Gasteiger partial charge in [-0.3, -0.25) is 9.20 Å². The molecule has 0 spiro atoms. The van der Waals surface area contributed by atoms with Gasteiger partial charge in [0, 0.05) is 24.2 Å². The summed E-state index contributed by atoms with van der Waals surface area (Å²) < 4.78 is 1.55. The first-order valence-corrected chi connectivity index (χ1v) is 8.58. The predicted octanol–water partition coefficient (Wildman–Crippen LogP) is 3.22. The molecule has 4 heterocycles. The van der Waals surface area contributed by atoms with Crippen LogP contribution >= 0.6 is 23.4 Å². The molecule has 0 aliphatic carbocycles. The Bertz CT molecular complexity index is 1120. The summed E-state index contributed by atoms with van der Waals surface area (Å²) in [5.41, 5.74) is 3.68. The Balaban J connectivity index is 1.61. The number of pyridine rings is 2. The molecule has 0 bridgehead atoms. The van der Waals surface area contributed by atoms with Crippen molar-refractivity contribution in [2.75, 3.05) is 0 Å². The van der Waals surface area contributed by atoms with Crippen LogP contribution in [0.15, 0.2) is 46.6 Å². The fraction of sp³-hybridized carbons (Fsp3) is 0.125. The van der Waals surface area contributed by atoms with Gasteiger partial charge in [-0.15, -0.1) is 0 Å². The molecule has 0 radical (unpaired) electrons. The number of thioether (sulfide) groups is 1. The number of rotatable bonds is 3. The van der Waals surface area contributed by atoms with E-state index in [1.807, 2.05) is 19.1 Å². The Kier molecular flexibility index (Phi) is 3.74. The fourth-order valence-electron chi connectivity index (χ4n) is 2.40. The van der Waals surface area contributed by atoms with Gasteiger partial charge in [0.2, 0.25) is 0 Å². The van der Waals surface area contributed by atoms with Gasteiger partial charge in [-0.1, -0.05) is 29.4 Å². The number of hydrogen-bond acceptors (Lipinski definition) is 5. The van der Waals surface area contributed by atoms with Crippen LogP contribution in [0.4, 0.5) is 0 Å². The van der Waals surface area contributed by atoms with Crippen LogP contribution in [-0.2, 0) is 5.75 Å². The highest BCUT2D eigenvalue weighted by Crippen LogP contribution is 2.22. The summed E-state index contributed by atoms with van der Waals surface area (Å²) in [5, 5.41) is 1.27. The van der Waals surface area contributed by atoms with Gasteiger partial charge < -0.3 is 4.98 Å². The Morgan fingerprint density at radius 2 is 2.17 bits per heavy atom. The Hall–Kier alpha value is -2.38. The largest absolute Gasteiger partial charge is 0.331 e. The fourth-order valence-corrected chi connectivity index (χ4v) is 3.32. The number of aromatic amines is 1. The Labute approximate surface area is 145 Å². The third-order valence-corrected chi connectivity index (χ3v) is 4.61. The van der Waals surface area contributed by atoms with Gasteiger partial charge in [-0.2, -0.15) is 0 Å². The van der Waals surface area contributed by atoms with E-state index in [0.717, 1.165) is 11.1 Å². The van der Waals surface area contributed by atoms with Crippen molar-refractivity contribution in [2.24, 2.45) is 0 Å². The number of aromatic nitrogens is 5. The maximum Gasteiger partial charge on any atom is 0.258 e. The third-order valence-electron chi connectivity index (χ3n) is 3.50. The molecule has 4 aromatic rings. The Morgan fingerprint density at radius 1 is 1.29 bits per heavy atom. The molecule has 4 rings (SSSR count). The van der Waals surface area contributed by atoms with Gasteiger partial charge in [-0.05, 0) is 24.6 Å². The monoisotopic (exact) mass is 357 g/mol. The number of nitrogens with zero attached hydrogens (tertiary/aromatic N) is 4. The molecule has 0 atom stereocenters. The molecule has 6 nitrogen and oxygen atoms in total. The van der Waals surface area contributed by atoms with Gasteiger partial charge in [0.1, 0.15) is 5.65 Å². The molecule has 0 aliphatic heterocycles. The predicted molar refractivity (Wildman–Crippen MR) is 94.7 cm³/mol. The van der Waals surface area contributed by atoms with Crippen LogP contribution in [0.3, 0.4) is 0 Å². The minimum Gasteiger partial charge on any atom is -0.331 e. The summed E-state index contributed by atoms with van der Waals surface area (Å²) in [6.07, 6.45) is 3.35. The lowest BCUT2D eigenvalue weighted by Gasteiger charge is -2.04. The highest BCUT2D eigenvalue weighted by molar-refractivity contribution is 7.98. The number of halogens is 1. The number of imidazole rings is 1. The lowest BCUT2D eigenvalue weighted by molar-refractivity contribution is 0.997. The summed E-state index contributed by atoms with van der Waals surface area (Å²) in [7, 11) is 0. The zero-order chi connectivity index (χ0) is 16.7. The highest BCUT2D eigenvalue weighted by Gasteiger charge is 2.08. The van der Waals surface area contributed by atoms with Crippen molar-refractivity contribution in [2.45, 2.75) is 17.8 Å². The van der Waals surface area contributed by atoms with Crippen LogP contribution in [0.25, 0.3) is 16.8 Å². The number of aryl methyl sites for hydroxylation is 1. The molecule has 0 saturated carbocycles. The molecule has 24 heavy (non-hydrogen) atoms. The van der Waals surface area contributed by atoms with Gasteiger partial charge >= 0.3 is 0 Å². The normalized spacial score (nSPS) is 11.4. The molecule has 0 fully saturated rings. The van der Waals surface area contributed by atoms with E-state index >= 15 is 0 Å². The van der Waals surface area contributed by atoms with Crippen molar-refractivity contribution < 1.29 is 0 Å². The van der Waals surface area contributed by atoms with Gasteiger partial charge in [0.05, 0.1) is 16.2 Å². The maximum atomic E-state index is 12.2. The van der Waals surface area contributed by atoms with E-state index < -0.39 is 0 Å². The van der Waals surface area contributed by atoms with Crippen molar-refractivity contribution in [1.82, 2.24) is 24.3 Å². The van der Waals surface area contributed by atoms with Crippen LogP contribution in [-0.4, -0.2) is 24.3 Å². The minimum absolute atomic E-state index is 0.0858. The molecule has 120 valence electrons. The number of H-pyrrole nitrogens is 1. The molecule has 0 aromatic carbocycles. The van der Waals surface area contributed by atoms with E-state index in [9.17, 15) is 4.79 Å².